The van der Waals surface area contributed by atoms with Crippen LogP contribution in [0.15, 0.2) is 59.2 Å². The first-order valence-electron chi connectivity index (χ1n) is 6.47. The molecule has 0 spiro atoms. The van der Waals surface area contributed by atoms with Crippen LogP contribution in [0.1, 0.15) is 0 Å². The largest absolute Gasteiger partial charge is 0.381 e. The average molecular weight is 333 g/mol. The number of aromatic nitrogens is 1. The summed E-state index contributed by atoms with van der Waals surface area (Å²) in [6.45, 7) is 1.47. The van der Waals surface area contributed by atoms with Crippen molar-refractivity contribution < 1.29 is 4.39 Å². The van der Waals surface area contributed by atoms with Gasteiger partial charge in [0.1, 0.15) is 5.82 Å². The molecule has 1 heterocycles. The lowest BCUT2D eigenvalue weighted by atomic mass is 10.2. The Balaban J connectivity index is 1.70. The molecule has 102 valence electrons. The highest BCUT2D eigenvalue weighted by molar-refractivity contribution is 9.10. The molecule has 3 aromatic rings. The molecule has 20 heavy (non-hydrogen) atoms. The van der Waals surface area contributed by atoms with E-state index >= 15 is 0 Å². The third-order valence-electron chi connectivity index (χ3n) is 3.28. The van der Waals surface area contributed by atoms with Crippen LogP contribution >= 0.6 is 15.9 Å². The van der Waals surface area contributed by atoms with E-state index in [9.17, 15) is 4.39 Å². The summed E-state index contributed by atoms with van der Waals surface area (Å²) in [7, 11) is 0. The molecule has 1 N–H and O–H groups in total. The van der Waals surface area contributed by atoms with Gasteiger partial charge in [0.2, 0.25) is 0 Å². The normalized spacial score (nSPS) is 10.9. The van der Waals surface area contributed by atoms with Crippen molar-refractivity contribution >= 4 is 32.5 Å². The van der Waals surface area contributed by atoms with Gasteiger partial charge in [0, 0.05) is 34.7 Å². The number of benzene rings is 2. The number of nitrogens with zero attached hydrogens (tertiary/aromatic N) is 1. The van der Waals surface area contributed by atoms with E-state index in [2.05, 4.69) is 50.2 Å². The third-order valence-corrected chi connectivity index (χ3v) is 3.77. The van der Waals surface area contributed by atoms with E-state index in [4.69, 9.17) is 0 Å². The van der Waals surface area contributed by atoms with Gasteiger partial charge < -0.3 is 9.88 Å². The lowest BCUT2D eigenvalue weighted by Gasteiger charge is -2.09. The topological polar surface area (TPSA) is 17.0 Å². The molecule has 0 amide bonds. The maximum Gasteiger partial charge on any atom is 0.146 e. The van der Waals surface area contributed by atoms with Crippen LogP contribution in [0.5, 0.6) is 0 Å². The van der Waals surface area contributed by atoms with Crippen LogP contribution < -0.4 is 5.32 Å². The van der Waals surface area contributed by atoms with Crippen LogP contribution in [0.3, 0.4) is 0 Å². The van der Waals surface area contributed by atoms with Gasteiger partial charge in [-0.15, -0.1) is 0 Å². The predicted molar refractivity (Wildman–Crippen MR) is 84.5 cm³/mol. The number of para-hydroxylation sites is 1. The highest BCUT2D eigenvalue weighted by Gasteiger charge is 2.02. The number of rotatable bonds is 4. The summed E-state index contributed by atoms with van der Waals surface area (Å²) < 4.78 is 16.7. The van der Waals surface area contributed by atoms with Crippen molar-refractivity contribution in [2.75, 3.05) is 11.9 Å². The first kappa shape index (κ1) is 13.2. The van der Waals surface area contributed by atoms with Gasteiger partial charge in [-0.1, -0.05) is 28.1 Å². The molecule has 0 atom stereocenters. The summed E-state index contributed by atoms with van der Waals surface area (Å²) in [6.07, 6.45) is 2.06. The molecule has 2 aromatic carbocycles. The number of fused-ring (bicyclic) bond motifs is 1. The molecule has 0 saturated carbocycles. The molecule has 0 aliphatic rings. The van der Waals surface area contributed by atoms with Crippen molar-refractivity contribution in [1.82, 2.24) is 4.57 Å². The van der Waals surface area contributed by atoms with E-state index in [-0.39, 0.29) is 5.82 Å². The lowest BCUT2D eigenvalue weighted by molar-refractivity contribution is 0.628. The minimum absolute atomic E-state index is 0.214. The van der Waals surface area contributed by atoms with Gasteiger partial charge in [-0.2, -0.15) is 0 Å². The van der Waals surface area contributed by atoms with Crippen LogP contribution in [-0.2, 0) is 6.54 Å². The van der Waals surface area contributed by atoms with Crippen LogP contribution in [-0.4, -0.2) is 11.1 Å². The fraction of sp³-hybridized carbons (Fsp3) is 0.125. The predicted octanol–water partition coefficient (Wildman–Crippen LogP) is 4.66. The Kier molecular flexibility index (Phi) is 3.74. The maximum atomic E-state index is 13.5. The van der Waals surface area contributed by atoms with Gasteiger partial charge in [-0.25, -0.2) is 4.39 Å². The average Bonchev–Trinajstić information content (AvgIpc) is 2.83. The molecule has 0 unspecified atom stereocenters. The van der Waals surface area contributed by atoms with Gasteiger partial charge in [0.05, 0.1) is 5.69 Å². The Bertz CT molecular complexity index is 736. The van der Waals surface area contributed by atoms with E-state index < -0.39 is 0 Å². The zero-order valence-electron chi connectivity index (χ0n) is 10.8. The summed E-state index contributed by atoms with van der Waals surface area (Å²) in [5, 5.41) is 4.32. The summed E-state index contributed by atoms with van der Waals surface area (Å²) in [4.78, 5) is 0. The van der Waals surface area contributed by atoms with Gasteiger partial charge in [0.25, 0.3) is 0 Å². The molecule has 3 rings (SSSR count). The second-order valence-corrected chi connectivity index (χ2v) is 5.53. The number of anilines is 1. The SMILES string of the molecule is Fc1ccccc1NCCn1ccc2cc(Br)ccc21. The monoisotopic (exact) mass is 332 g/mol. The highest BCUT2D eigenvalue weighted by atomic mass is 79.9. The van der Waals surface area contributed by atoms with E-state index in [1.165, 1.54) is 17.0 Å². The van der Waals surface area contributed by atoms with Gasteiger partial charge in [0.15, 0.2) is 0 Å². The van der Waals surface area contributed by atoms with Crippen LogP contribution in [0.2, 0.25) is 0 Å². The van der Waals surface area contributed by atoms with E-state index in [1.54, 1.807) is 12.1 Å². The Morgan fingerprint density at radius 2 is 1.95 bits per heavy atom. The molecule has 0 aliphatic heterocycles. The molecular weight excluding hydrogens is 319 g/mol. The number of hydrogen-bond donors (Lipinski definition) is 1. The zero-order valence-corrected chi connectivity index (χ0v) is 12.4. The molecule has 4 heteroatoms. The van der Waals surface area contributed by atoms with Crippen LogP contribution in [0.4, 0.5) is 10.1 Å². The first-order chi connectivity index (χ1) is 9.74. The van der Waals surface area contributed by atoms with Crippen LogP contribution in [0.25, 0.3) is 10.9 Å². The van der Waals surface area contributed by atoms with Crippen molar-refractivity contribution in [1.29, 1.82) is 0 Å². The highest BCUT2D eigenvalue weighted by Crippen LogP contribution is 2.21. The Morgan fingerprint density at radius 3 is 2.80 bits per heavy atom. The molecule has 0 aliphatic carbocycles. The fourth-order valence-electron chi connectivity index (χ4n) is 2.28. The van der Waals surface area contributed by atoms with E-state index in [1.807, 2.05) is 12.1 Å². The second kappa shape index (κ2) is 5.67. The summed E-state index contributed by atoms with van der Waals surface area (Å²) in [5.74, 6) is -0.214. The molecule has 1 aromatic heterocycles. The van der Waals surface area contributed by atoms with Crippen molar-refractivity contribution in [3.05, 3.63) is 65.0 Å². The minimum Gasteiger partial charge on any atom is -0.381 e. The fourth-order valence-corrected chi connectivity index (χ4v) is 2.66. The lowest BCUT2D eigenvalue weighted by Crippen LogP contribution is -2.10. The maximum absolute atomic E-state index is 13.5. The number of hydrogen-bond acceptors (Lipinski definition) is 1. The van der Waals surface area contributed by atoms with Crippen molar-refractivity contribution in [2.45, 2.75) is 6.54 Å². The molecule has 2 nitrogen and oxygen atoms in total. The Morgan fingerprint density at radius 1 is 1.10 bits per heavy atom. The first-order valence-corrected chi connectivity index (χ1v) is 7.26. The molecular formula is C16H14BrFN2. The van der Waals surface area contributed by atoms with Crippen molar-refractivity contribution in [3.63, 3.8) is 0 Å². The molecule has 0 radical (unpaired) electrons. The Hall–Kier alpha value is -1.81. The standard InChI is InChI=1S/C16H14BrFN2/c17-13-5-6-16-12(11-13)7-9-20(16)10-8-19-15-4-2-1-3-14(15)18/h1-7,9,11,19H,8,10H2. The zero-order chi connectivity index (χ0) is 13.9. The molecule has 0 saturated heterocycles. The van der Waals surface area contributed by atoms with Gasteiger partial charge in [-0.3, -0.25) is 0 Å². The quantitative estimate of drug-likeness (QED) is 0.735. The smallest absolute Gasteiger partial charge is 0.146 e. The second-order valence-electron chi connectivity index (χ2n) is 4.62. The van der Waals surface area contributed by atoms with E-state index in [0.29, 0.717) is 12.2 Å². The number of halogens is 2. The number of nitrogens with one attached hydrogen (secondary N) is 1. The van der Waals surface area contributed by atoms with Gasteiger partial charge in [-0.05, 0) is 36.4 Å². The molecule has 0 fully saturated rings. The summed E-state index contributed by atoms with van der Waals surface area (Å²) in [5.41, 5.74) is 1.73. The summed E-state index contributed by atoms with van der Waals surface area (Å²) >= 11 is 3.47. The van der Waals surface area contributed by atoms with Crippen molar-refractivity contribution in [2.24, 2.45) is 0 Å². The van der Waals surface area contributed by atoms with Gasteiger partial charge >= 0.3 is 0 Å². The Labute approximate surface area is 125 Å². The molecule has 0 bridgehead atoms. The summed E-state index contributed by atoms with van der Waals surface area (Å²) in [6, 6.07) is 15.0. The third kappa shape index (κ3) is 2.70. The van der Waals surface area contributed by atoms with Crippen molar-refractivity contribution in [3.8, 4) is 0 Å². The van der Waals surface area contributed by atoms with E-state index in [0.717, 1.165) is 11.0 Å². The van der Waals surface area contributed by atoms with Crippen LogP contribution in [0, 0.1) is 5.82 Å². The minimum atomic E-state index is -0.214.